The summed E-state index contributed by atoms with van der Waals surface area (Å²) >= 11 is 0. The van der Waals surface area contributed by atoms with Crippen LogP contribution in [-0.2, 0) is 28.9 Å². The normalized spacial score (nSPS) is 21.4. The van der Waals surface area contributed by atoms with Crippen molar-refractivity contribution >= 4 is 11.8 Å². The molecule has 2 aliphatic carbocycles. The molecule has 166 valence electrons. The number of aryl methyl sites for hydroxylation is 1. The van der Waals surface area contributed by atoms with Crippen molar-refractivity contribution in [3.63, 3.8) is 0 Å². The summed E-state index contributed by atoms with van der Waals surface area (Å²) in [5.41, 5.74) is 4.02. The summed E-state index contributed by atoms with van der Waals surface area (Å²) < 4.78 is 30.0. The number of carbonyl (C=O) groups is 2. The van der Waals surface area contributed by atoms with Gasteiger partial charge >= 0.3 is 6.43 Å². The smallest absolute Gasteiger partial charge is 0.313 e. The van der Waals surface area contributed by atoms with Gasteiger partial charge in [0.2, 0.25) is 11.8 Å². The molecule has 3 aromatic rings. The zero-order chi connectivity index (χ0) is 22.2. The summed E-state index contributed by atoms with van der Waals surface area (Å²) in [5, 5.41) is 13.0. The van der Waals surface area contributed by atoms with Gasteiger partial charge in [-0.05, 0) is 36.0 Å². The number of hydrogen-bond acceptors (Lipinski definition) is 5. The molecule has 0 radical (unpaired) electrons. The third-order valence-corrected chi connectivity index (χ3v) is 6.09. The Morgan fingerprint density at radius 3 is 2.88 bits per heavy atom. The molecule has 1 unspecified atom stereocenters. The number of nitrogens with one attached hydrogen (secondary N) is 3. The molecule has 0 spiro atoms. The fraction of sp³-hybridized carbons (Fsp3) is 0.364. The third kappa shape index (κ3) is 3.76. The van der Waals surface area contributed by atoms with Gasteiger partial charge in [0, 0.05) is 0 Å². The van der Waals surface area contributed by atoms with Gasteiger partial charge in [0.15, 0.2) is 0 Å². The van der Waals surface area contributed by atoms with Crippen molar-refractivity contribution in [1.82, 2.24) is 25.8 Å². The van der Waals surface area contributed by atoms with Crippen molar-refractivity contribution in [1.29, 1.82) is 0 Å². The van der Waals surface area contributed by atoms with E-state index in [0.29, 0.717) is 12.8 Å². The Kier molecular flexibility index (Phi) is 5.20. The highest BCUT2D eigenvalue weighted by atomic mass is 19.3. The molecule has 5 rings (SSSR count). The van der Waals surface area contributed by atoms with Crippen LogP contribution in [0.5, 0.6) is 0 Å². The minimum absolute atomic E-state index is 0.118. The number of benzene rings is 1. The average Bonchev–Trinajstić information content (AvgIpc) is 3.52. The average molecular weight is 441 g/mol. The molecular formula is C22H21F2N5O3. The van der Waals surface area contributed by atoms with Crippen LogP contribution in [0, 0.1) is 0 Å². The van der Waals surface area contributed by atoms with E-state index < -0.39 is 18.4 Å². The number of halogens is 2. The SMILES string of the molecule is O=C(Cc1coc(C(F)F)n1)N[C@@H]1Cc2ccccc2[C@H]1NC(=O)C1CCc2cn[nH]c21. The van der Waals surface area contributed by atoms with E-state index in [-0.39, 0.29) is 35.9 Å². The van der Waals surface area contributed by atoms with Crippen molar-refractivity contribution in [3.05, 3.63) is 70.7 Å². The maximum absolute atomic E-state index is 13.1. The number of carbonyl (C=O) groups excluding carboxylic acids is 2. The van der Waals surface area contributed by atoms with Crippen LogP contribution in [0.2, 0.25) is 0 Å². The van der Waals surface area contributed by atoms with Crippen LogP contribution in [-0.4, -0.2) is 33.0 Å². The number of fused-ring (bicyclic) bond motifs is 2. The van der Waals surface area contributed by atoms with Crippen LogP contribution < -0.4 is 10.6 Å². The van der Waals surface area contributed by atoms with Gasteiger partial charge in [-0.3, -0.25) is 14.7 Å². The number of rotatable bonds is 6. The molecule has 0 fully saturated rings. The molecule has 2 heterocycles. The number of oxazole rings is 1. The first-order valence-electron chi connectivity index (χ1n) is 10.4. The third-order valence-electron chi connectivity index (χ3n) is 6.09. The van der Waals surface area contributed by atoms with Crippen molar-refractivity contribution in [2.24, 2.45) is 0 Å². The largest absolute Gasteiger partial charge is 0.444 e. The topological polar surface area (TPSA) is 113 Å². The van der Waals surface area contributed by atoms with Crippen LogP contribution in [0.3, 0.4) is 0 Å². The Balaban J connectivity index is 1.30. The van der Waals surface area contributed by atoms with E-state index in [0.717, 1.165) is 35.1 Å². The summed E-state index contributed by atoms with van der Waals surface area (Å²) in [5.74, 6) is -1.51. The van der Waals surface area contributed by atoms with Gasteiger partial charge in [-0.15, -0.1) is 0 Å². The summed E-state index contributed by atoms with van der Waals surface area (Å²) in [4.78, 5) is 29.3. The maximum atomic E-state index is 13.1. The summed E-state index contributed by atoms with van der Waals surface area (Å²) in [6.45, 7) is 0. The highest BCUT2D eigenvalue weighted by Crippen LogP contribution is 2.35. The lowest BCUT2D eigenvalue weighted by Gasteiger charge is -2.24. The van der Waals surface area contributed by atoms with Crippen LogP contribution >= 0.6 is 0 Å². The predicted molar refractivity (Wildman–Crippen MR) is 108 cm³/mol. The van der Waals surface area contributed by atoms with Crippen molar-refractivity contribution < 1.29 is 22.8 Å². The molecule has 0 saturated carbocycles. The van der Waals surface area contributed by atoms with E-state index in [1.165, 1.54) is 0 Å². The van der Waals surface area contributed by atoms with E-state index in [1.54, 1.807) is 6.20 Å². The van der Waals surface area contributed by atoms with Gasteiger partial charge in [0.05, 0.1) is 42.0 Å². The van der Waals surface area contributed by atoms with Crippen molar-refractivity contribution in [2.45, 2.75) is 50.1 Å². The molecule has 2 aliphatic rings. The molecule has 2 amide bonds. The number of aromatic amines is 1. The quantitative estimate of drug-likeness (QED) is 0.544. The van der Waals surface area contributed by atoms with Gasteiger partial charge in [0.1, 0.15) is 6.26 Å². The first-order chi connectivity index (χ1) is 15.5. The van der Waals surface area contributed by atoms with Crippen LogP contribution in [0.4, 0.5) is 8.78 Å². The van der Waals surface area contributed by atoms with E-state index >= 15 is 0 Å². The Morgan fingerprint density at radius 1 is 1.22 bits per heavy atom. The standard InChI is InChI=1S/C22H21F2N5O3/c23-20(24)22-26-13(10-32-22)8-17(30)27-16-7-11-3-1-2-4-14(11)19(16)28-21(31)15-6-5-12-9-25-29-18(12)15/h1-4,9-10,15-16,19-20H,5-8H2,(H,25,29)(H,27,30)(H,28,31)/t15?,16-,19-/m1/s1. The first-order valence-corrected chi connectivity index (χ1v) is 10.4. The number of H-pyrrole nitrogens is 1. The highest BCUT2D eigenvalue weighted by Gasteiger charge is 2.38. The molecule has 2 aromatic heterocycles. The number of nitrogens with zero attached hydrogens (tertiary/aromatic N) is 2. The Hall–Kier alpha value is -3.56. The molecular weight excluding hydrogens is 420 g/mol. The minimum atomic E-state index is -2.83. The number of alkyl halides is 2. The van der Waals surface area contributed by atoms with Gasteiger partial charge < -0.3 is 15.1 Å². The lowest BCUT2D eigenvalue weighted by Crippen LogP contribution is -2.45. The molecule has 0 bridgehead atoms. The van der Waals surface area contributed by atoms with E-state index in [1.807, 2.05) is 24.3 Å². The second-order valence-electron chi connectivity index (χ2n) is 8.12. The molecule has 1 aromatic carbocycles. The van der Waals surface area contributed by atoms with Crippen LogP contribution in [0.25, 0.3) is 0 Å². The van der Waals surface area contributed by atoms with Gasteiger partial charge in [0.25, 0.3) is 5.89 Å². The Morgan fingerprint density at radius 2 is 2.06 bits per heavy atom. The van der Waals surface area contributed by atoms with Crippen LogP contribution in [0.1, 0.15) is 58.8 Å². The molecule has 32 heavy (non-hydrogen) atoms. The fourth-order valence-corrected chi connectivity index (χ4v) is 4.62. The van der Waals surface area contributed by atoms with Crippen LogP contribution in [0.15, 0.2) is 41.1 Å². The molecule has 10 heteroatoms. The Bertz CT molecular complexity index is 1160. The zero-order valence-corrected chi connectivity index (χ0v) is 17.0. The predicted octanol–water partition coefficient (Wildman–Crippen LogP) is 2.51. The second-order valence-corrected chi connectivity index (χ2v) is 8.12. The maximum Gasteiger partial charge on any atom is 0.313 e. The molecule has 0 saturated heterocycles. The van der Waals surface area contributed by atoms with Crippen molar-refractivity contribution in [3.8, 4) is 0 Å². The first kappa shape index (κ1) is 20.3. The molecule has 3 atom stereocenters. The number of hydrogen-bond donors (Lipinski definition) is 3. The molecule has 0 aliphatic heterocycles. The van der Waals surface area contributed by atoms with Gasteiger partial charge in [-0.2, -0.15) is 13.9 Å². The summed E-state index contributed by atoms with van der Waals surface area (Å²) in [6.07, 6.45) is 1.84. The fourth-order valence-electron chi connectivity index (χ4n) is 4.62. The monoisotopic (exact) mass is 441 g/mol. The van der Waals surface area contributed by atoms with E-state index in [9.17, 15) is 18.4 Å². The van der Waals surface area contributed by atoms with E-state index in [4.69, 9.17) is 4.42 Å². The molecule has 3 N–H and O–H groups in total. The second kappa shape index (κ2) is 8.18. The number of aromatic nitrogens is 3. The highest BCUT2D eigenvalue weighted by molar-refractivity contribution is 5.85. The molecule has 8 nitrogen and oxygen atoms in total. The van der Waals surface area contributed by atoms with Gasteiger partial charge in [-0.25, -0.2) is 4.98 Å². The minimum Gasteiger partial charge on any atom is -0.444 e. The summed E-state index contributed by atoms with van der Waals surface area (Å²) in [6, 6.07) is 6.95. The zero-order valence-electron chi connectivity index (χ0n) is 17.0. The van der Waals surface area contributed by atoms with Crippen molar-refractivity contribution in [2.75, 3.05) is 0 Å². The van der Waals surface area contributed by atoms with E-state index in [2.05, 4.69) is 25.8 Å². The lowest BCUT2D eigenvalue weighted by atomic mass is 10.0. The lowest BCUT2D eigenvalue weighted by molar-refractivity contribution is -0.125. The summed E-state index contributed by atoms with van der Waals surface area (Å²) in [7, 11) is 0. The number of amides is 2. The van der Waals surface area contributed by atoms with Gasteiger partial charge in [-0.1, -0.05) is 24.3 Å². The Labute approximate surface area is 181 Å².